The van der Waals surface area contributed by atoms with Crippen LogP contribution in [0.5, 0.6) is 0 Å². The van der Waals surface area contributed by atoms with Crippen molar-refractivity contribution in [2.24, 2.45) is 0 Å². The summed E-state index contributed by atoms with van der Waals surface area (Å²) in [5.41, 5.74) is 4.20. The molecule has 23 heavy (non-hydrogen) atoms. The second kappa shape index (κ2) is 6.31. The molecule has 0 radical (unpaired) electrons. The van der Waals surface area contributed by atoms with Crippen LogP contribution in [0.4, 0.5) is 0 Å². The monoisotopic (exact) mass is 325 g/mol. The average molecular weight is 326 g/mol. The van der Waals surface area contributed by atoms with Gasteiger partial charge in [-0.3, -0.25) is 0 Å². The quantitative estimate of drug-likeness (QED) is 0.642. The Bertz CT molecular complexity index is 836. The van der Waals surface area contributed by atoms with E-state index in [1.54, 1.807) is 0 Å². The van der Waals surface area contributed by atoms with Crippen molar-refractivity contribution in [2.45, 2.75) is 6.92 Å². The molecule has 0 saturated carbocycles. The standard InChI is InChI=1S/C19H16ClNO2/c1-13-12-17(19(22)23-2)18(14-8-10-15(20)11-9-14)21(13)16-6-4-3-5-7-16/h3-12H,1-2H3. The lowest BCUT2D eigenvalue weighted by molar-refractivity contribution is 0.0601. The normalized spacial score (nSPS) is 10.6. The van der Waals surface area contributed by atoms with Gasteiger partial charge >= 0.3 is 5.97 Å². The minimum Gasteiger partial charge on any atom is -0.465 e. The van der Waals surface area contributed by atoms with E-state index in [-0.39, 0.29) is 5.97 Å². The van der Waals surface area contributed by atoms with Crippen LogP contribution in [0.25, 0.3) is 16.9 Å². The van der Waals surface area contributed by atoms with Gasteiger partial charge in [-0.2, -0.15) is 0 Å². The molecule has 3 nitrogen and oxygen atoms in total. The van der Waals surface area contributed by atoms with Crippen molar-refractivity contribution >= 4 is 17.6 Å². The van der Waals surface area contributed by atoms with E-state index in [0.717, 1.165) is 22.6 Å². The predicted molar refractivity (Wildman–Crippen MR) is 92.3 cm³/mol. The van der Waals surface area contributed by atoms with Crippen molar-refractivity contribution < 1.29 is 9.53 Å². The summed E-state index contributed by atoms with van der Waals surface area (Å²) < 4.78 is 7.00. The highest BCUT2D eigenvalue weighted by molar-refractivity contribution is 6.30. The molecule has 0 bridgehead atoms. The predicted octanol–water partition coefficient (Wildman–Crippen LogP) is 4.89. The Hall–Kier alpha value is -2.52. The van der Waals surface area contributed by atoms with Crippen LogP contribution in [0.3, 0.4) is 0 Å². The first-order valence-electron chi connectivity index (χ1n) is 7.24. The maximum atomic E-state index is 12.2. The van der Waals surface area contributed by atoms with Crippen molar-refractivity contribution in [1.82, 2.24) is 4.57 Å². The van der Waals surface area contributed by atoms with E-state index < -0.39 is 0 Å². The van der Waals surface area contributed by atoms with Crippen LogP contribution >= 0.6 is 11.6 Å². The van der Waals surface area contributed by atoms with Crippen LogP contribution in [-0.2, 0) is 4.74 Å². The number of esters is 1. The third-order valence-corrected chi connectivity index (χ3v) is 3.97. The highest BCUT2D eigenvalue weighted by Gasteiger charge is 2.21. The first-order chi connectivity index (χ1) is 11.1. The number of carbonyl (C=O) groups is 1. The lowest BCUT2D eigenvalue weighted by Crippen LogP contribution is -2.05. The van der Waals surface area contributed by atoms with Crippen LogP contribution < -0.4 is 0 Å². The fourth-order valence-electron chi connectivity index (χ4n) is 2.71. The van der Waals surface area contributed by atoms with Crippen LogP contribution in [0, 0.1) is 6.92 Å². The minimum absolute atomic E-state index is 0.354. The van der Waals surface area contributed by atoms with E-state index in [2.05, 4.69) is 4.57 Å². The molecule has 0 N–H and O–H groups in total. The summed E-state index contributed by atoms with van der Waals surface area (Å²) in [7, 11) is 1.39. The van der Waals surface area contributed by atoms with E-state index in [1.165, 1.54) is 7.11 Å². The second-order valence-corrected chi connectivity index (χ2v) is 5.65. The zero-order chi connectivity index (χ0) is 16.4. The smallest absolute Gasteiger partial charge is 0.340 e. The van der Waals surface area contributed by atoms with Crippen LogP contribution in [0.15, 0.2) is 60.7 Å². The largest absolute Gasteiger partial charge is 0.465 e. The minimum atomic E-state index is -0.354. The SMILES string of the molecule is COC(=O)c1cc(C)n(-c2ccccc2)c1-c1ccc(Cl)cc1. The van der Waals surface area contributed by atoms with Crippen molar-refractivity contribution in [3.8, 4) is 16.9 Å². The second-order valence-electron chi connectivity index (χ2n) is 5.22. The summed E-state index contributed by atoms with van der Waals surface area (Å²) in [5.74, 6) is -0.354. The molecule has 0 saturated heterocycles. The topological polar surface area (TPSA) is 31.2 Å². The number of hydrogen-bond donors (Lipinski definition) is 0. The van der Waals surface area contributed by atoms with Gasteiger partial charge in [0.1, 0.15) is 0 Å². The van der Waals surface area contributed by atoms with Crippen molar-refractivity contribution in [2.75, 3.05) is 7.11 Å². The lowest BCUT2D eigenvalue weighted by atomic mass is 10.1. The number of nitrogens with zero attached hydrogens (tertiary/aromatic N) is 1. The van der Waals surface area contributed by atoms with E-state index in [4.69, 9.17) is 16.3 Å². The van der Waals surface area contributed by atoms with Gasteiger partial charge in [0.2, 0.25) is 0 Å². The summed E-state index contributed by atoms with van der Waals surface area (Å²) in [6, 6.07) is 19.2. The molecule has 2 aromatic carbocycles. The zero-order valence-corrected chi connectivity index (χ0v) is 13.7. The molecule has 0 amide bonds. The number of halogens is 1. The molecule has 0 atom stereocenters. The fraction of sp³-hybridized carbons (Fsp3) is 0.105. The van der Waals surface area contributed by atoms with Crippen LogP contribution in [-0.4, -0.2) is 17.6 Å². The first kappa shape index (κ1) is 15.4. The molecular weight excluding hydrogens is 310 g/mol. The Labute approximate surface area is 140 Å². The molecule has 1 aromatic heterocycles. The van der Waals surface area contributed by atoms with Crippen molar-refractivity contribution in [3.63, 3.8) is 0 Å². The highest BCUT2D eigenvalue weighted by Crippen LogP contribution is 2.32. The Kier molecular flexibility index (Phi) is 4.22. The number of hydrogen-bond acceptors (Lipinski definition) is 2. The zero-order valence-electron chi connectivity index (χ0n) is 12.9. The average Bonchev–Trinajstić information content (AvgIpc) is 2.93. The summed E-state index contributed by atoms with van der Waals surface area (Å²) in [5, 5.41) is 0.655. The van der Waals surface area contributed by atoms with Gasteiger partial charge in [-0.25, -0.2) is 4.79 Å². The summed E-state index contributed by atoms with van der Waals surface area (Å²) >= 11 is 5.99. The Balaban J connectivity index is 2.29. The lowest BCUT2D eigenvalue weighted by Gasteiger charge is -2.13. The van der Waals surface area contributed by atoms with E-state index >= 15 is 0 Å². The Morgan fingerprint density at radius 2 is 1.70 bits per heavy atom. The Morgan fingerprint density at radius 3 is 2.30 bits per heavy atom. The number of benzene rings is 2. The summed E-state index contributed by atoms with van der Waals surface area (Å²) in [6.07, 6.45) is 0. The van der Waals surface area contributed by atoms with Gasteiger partial charge in [0, 0.05) is 16.4 Å². The van der Waals surface area contributed by atoms with Gasteiger partial charge in [0.25, 0.3) is 0 Å². The van der Waals surface area contributed by atoms with Crippen LogP contribution in [0.2, 0.25) is 5.02 Å². The first-order valence-corrected chi connectivity index (χ1v) is 7.61. The van der Waals surface area contributed by atoms with E-state index in [0.29, 0.717) is 10.6 Å². The van der Waals surface area contributed by atoms with E-state index in [9.17, 15) is 4.79 Å². The number of ether oxygens (including phenoxy) is 1. The molecule has 0 fully saturated rings. The number of methoxy groups -OCH3 is 1. The molecule has 0 aliphatic heterocycles. The fourth-order valence-corrected chi connectivity index (χ4v) is 2.83. The Morgan fingerprint density at radius 1 is 1.04 bits per heavy atom. The summed E-state index contributed by atoms with van der Waals surface area (Å²) in [4.78, 5) is 12.2. The third kappa shape index (κ3) is 2.88. The number of para-hydroxylation sites is 1. The highest BCUT2D eigenvalue weighted by atomic mass is 35.5. The summed E-state index contributed by atoms with van der Waals surface area (Å²) in [6.45, 7) is 1.97. The number of carbonyl (C=O) groups excluding carboxylic acids is 1. The molecule has 116 valence electrons. The molecule has 0 spiro atoms. The van der Waals surface area contributed by atoms with Gasteiger partial charge in [-0.15, -0.1) is 0 Å². The number of aryl methyl sites for hydroxylation is 1. The van der Waals surface area contributed by atoms with Gasteiger partial charge < -0.3 is 9.30 Å². The van der Waals surface area contributed by atoms with Gasteiger partial charge in [0.15, 0.2) is 0 Å². The molecule has 4 heteroatoms. The maximum absolute atomic E-state index is 12.2. The molecular formula is C19H16ClNO2. The molecule has 0 unspecified atom stereocenters. The molecule has 1 heterocycles. The van der Waals surface area contributed by atoms with Crippen LogP contribution in [0.1, 0.15) is 16.1 Å². The van der Waals surface area contributed by atoms with Crippen molar-refractivity contribution in [1.29, 1.82) is 0 Å². The molecule has 3 aromatic rings. The maximum Gasteiger partial charge on any atom is 0.340 e. The van der Waals surface area contributed by atoms with E-state index in [1.807, 2.05) is 67.6 Å². The number of rotatable bonds is 3. The van der Waals surface area contributed by atoms with Gasteiger partial charge in [0.05, 0.1) is 18.4 Å². The third-order valence-electron chi connectivity index (χ3n) is 3.72. The number of aromatic nitrogens is 1. The van der Waals surface area contributed by atoms with Gasteiger partial charge in [-0.1, -0.05) is 41.9 Å². The molecule has 3 rings (SSSR count). The molecule has 0 aliphatic rings. The van der Waals surface area contributed by atoms with Gasteiger partial charge in [-0.05, 0) is 42.8 Å². The molecule has 0 aliphatic carbocycles. The van der Waals surface area contributed by atoms with Crippen molar-refractivity contribution in [3.05, 3.63) is 76.9 Å².